The van der Waals surface area contributed by atoms with E-state index in [-0.39, 0.29) is 0 Å². The minimum absolute atomic E-state index is 0.725. The molecule has 0 saturated heterocycles. The fraction of sp³-hybridized carbons (Fsp3) is 0.0625. The molecule has 0 aliphatic heterocycles. The third-order valence-electron chi connectivity index (χ3n) is 3.10. The molecular formula is C16H13BrN2OS. The molecule has 2 aromatic carbocycles. The number of methoxy groups -OCH3 is 1. The van der Waals surface area contributed by atoms with Crippen LogP contribution in [0.15, 0.2) is 62.9 Å². The van der Waals surface area contributed by atoms with Gasteiger partial charge in [0.05, 0.1) is 17.5 Å². The van der Waals surface area contributed by atoms with Crippen LogP contribution in [0.5, 0.6) is 5.75 Å². The molecule has 0 aliphatic carbocycles. The second-order valence-corrected chi connectivity index (χ2v) is 6.46. The van der Waals surface area contributed by atoms with E-state index < -0.39 is 0 Å². The van der Waals surface area contributed by atoms with Crippen molar-refractivity contribution in [2.45, 2.75) is 9.79 Å². The molecule has 2 N–H and O–H groups in total. The lowest BCUT2D eigenvalue weighted by Gasteiger charge is -2.10. The van der Waals surface area contributed by atoms with Crippen LogP contribution in [0.1, 0.15) is 0 Å². The van der Waals surface area contributed by atoms with Gasteiger partial charge in [-0.2, -0.15) is 0 Å². The van der Waals surface area contributed by atoms with Crippen molar-refractivity contribution in [1.29, 1.82) is 0 Å². The summed E-state index contributed by atoms with van der Waals surface area (Å²) in [6, 6.07) is 13.8. The SMILES string of the molecule is COc1ccccc1Sc1ccc(N)c2cc(Br)cnc12. The van der Waals surface area contributed by atoms with E-state index in [1.165, 1.54) is 0 Å². The van der Waals surface area contributed by atoms with Gasteiger partial charge in [0, 0.05) is 26.6 Å². The highest BCUT2D eigenvalue weighted by molar-refractivity contribution is 9.10. The van der Waals surface area contributed by atoms with E-state index in [1.807, 2.05) is 42.5 Å². The van der Waals surface area contributed by atoms with Crippen LogP contribution >= 0.6 is 27.7 Å². The standard InChI is InChI=1S/C16H13BrN2OS/c1-20-13-4-2-3-5-14(13)21-15-7-6-12(18)11-8-10(17)9-19-16(11)15/h2-9H,18H2,1H3. The van der Waals surface area contributed by atoms with Crippen molar-refractivity contribution >= 4 is 44.3 Å². The first kappa shape index (κ1) is 14.2. The predicted octanol–water partition coefficient (Wildman–Crippen LogP) is 4.74. The van der Waals surface area contributed by atoms with Gasteiger partial charge in [0.1, 0.15) is 5.75 Å². The Labute approximate surface area is 135 Å². The molecule has 0 radical (unpaired) electrons. The molecule has 1 heterocycles. The Kier molecular flexibility index (Phi) is 4.03. The molecule has 106 valence electrons. The van der Waals surface area contributed by atoms with Crippen molar-refractivity contribution in [3.63, 3.8) is 0 Å². The maximum atomic E-state index is 6.05. The first-order valence-electron chi connectivity index (χ1n) is 6.33. The first-order chi connectivity index (χ1) is 10.2. The van der Waals surface area contributed by atoms with Gasteiger partial charge in [0.15, 0.2) is 0 Å². The summed E-state index contributed by atoms with van der Waals surface area (Å²) in [5, 5.41) is 0.948. The number of pyridine rings is 1. The lowest BCUT2D eigenvalue weighted by molar-refractivity contribution is 0.405. The third kappa shape index (κ3) is 2.84. The van der Waals surface area contributed by atoms with E-state index in [0.29, 0.717) is 0 Å². The predicted molar refractivity (Wildman–Crippen MR) is 91.0 cm³/mol. The summed E-state index contributed by atoms with van der Waals surface area (Å²) >= 11 is 5.06. The maximum absolute atomic E-state index is 6.05. The monoisotopic (exact) mass is 360 g/mol. The number of halogens is 1. The van der Waals surface area contributed by atoms with Gasteiger partial charge >= 0.3 is 0 Å². The molecule has 0 saturated carbocycles. The number of anilines is 1. The highest BCUT2D eigenvalue weighted by atomic mass is 79.9. The number of aromatic nitrogens is 1. The molecule has 3 rings (SSSR count). The average Bonchev–Trinajstić information content (AvgIpc) is 2.51. The quantitative estimate of drug-likeness (QED) is 0.685. The zero-order chi connectivity index (χ0) is 14.8. The van der Waals surface area contributed by atoms with Crippen molar-refractivity contribution in [1.82, 2.24) is 4.98 Å². The fourth-order valence-electron chi connectivity index (χ4n) is 2.09. The zero-order valence-corrected chi connectivity index (χ0v) is 13.7. The summed E-state index contributed by atoms with van der Waals surface area (Å²) < 4.78 is 6.32. The van der Waals surface area contributed by atoms with Gasteiger partial charge in [0.2, 0.25) is 0 Å². The van der Waals surface area contributed by atoms with Crippen molar-refractivity contribution in [3.05, 3.63) is 53.1 Å². The Hall–Kier alpha value is -1.72. The van der Waals surface area contributed by atoms with Gasteiger partial charge in [0.25, 0.3) is 0 Å². The van der Waals surface area contributed by atoms with Crippen LogP contribution in [0.2, 0.25) is 0 Å². The number of hydrogen-bond acceptors (Lipinski definition) is 4. The van der Waals surface area contributed by atoms with Gasteiger partial charge in [-0.1, -0.05) is 23.9 Å². The largest absolute Gasteiger partial charge is 0.496 e. The Morgan fingerprint density at radius 2 is 1.95 bits per heavy atom. The molecule has 0 atom stereocenters. The van der Waals surface area contributed by atoms with Gasteiger partial charge in [-0.3, -0.25) is 4.98 Å². The van der Waals surface area contributed by atoms with Gasteiger partial charge < -0.3 is 10.5 Å². The number of rotatable bonds is 3. The minimum Gasteiger partial charge on any atom is -0.496 e. The molecule has 0 bridgehead atoms. The number of nitrogens with two attached hydrogens (primary N) is 1. The van der Waals surface area contributed by atoms with Crippen molar-refractivity contribution in [2.24, 2.45) is 0 Å². The molecule has 21 heavy (non-hydrogen) atoms. The lowest BCUT2D eigenvalue weighted by atomic mass is 10.2. The van der Waals surface area contributed by atoms with Crippen molar-refractivity contribution < 1.29 is 4.74 Å². The van der Waals surface area contributed by atoms with Crippen LogP contribution < -0.4 is 10.5 Å². The number of fused-ring (bicyclic) bond motifs is 1. The smallest absolute Gasteiger partial charge is 0.132 e. The summed E-state index contributed by atoms with van der Waals surface area (Å²) in [5.74, 6) is 0.851. The molecule has 0 amide bonds. The number of hydrogen-bond donors (Lipinski definition) is 1. The van der Waals surface area contributed by atoms with Crippen molar-refractivity contribution in [3.8, 4) is 5.75 Å². The number of nitrogen functional groups attached to an aromatic ring is 1. The van der Waals surface area contributed by atoms with E-state index in [9.17, 15) is 0 Å². The van der Waals surface area contributed by atoms with Gasteiger partial charge in [-0.25, -0.2) is 0 Å². The Morgan fingerprint density at radius 3 is 2.76 bits per heavy atom. The van der Waals surface area contributed by atoms with Gasteiger partial charge in [-0.05, 0) is 46.3 Å². The number of benzene rings is 2. The highest BCUT2D eigenvalue weighted by Gasteiger charge is 2.10. The van der Waals surface area contributed by atoms with Crippen LogP contribution in [-0.4, -0.2) is 12.1 Å². The minimum atomic E-state index is 0.725. The van der Waals surface area contributed by atoms with Crippen LogP contribution in [0, 0.1) is 0 Å². The van der Waals surface area contributed by atoms with E-state index >= 15 is 0 Å². The second kappa shape index (κ2) is 5.95. The normalized spacial score (nSPS) is 10.8. The Balaban J connectivity index is 2.11. The summed E-state index contributed by atoms with van der Waals surface area (Å²) in [4.78, 5) is 6.61. The lowest BCUT2D eigenvalue weighted by Crippen LogP contribution is -1.91. The highest BCUT2D eigenvalue weighted by Crippen LogP contribution is 2.39. The molecule has 0 unspecified atom stereocenters. The van der Waals surface area contributed by atoms with E-state index in [2.05, 4.69) is 20.9 Å². The molecule has 1 aromatic heterocycles. The third-order valence-corrected chi connectivity index (χ3v) is 4.64. The van der Waals surface area contributed by atoms with Crippen molar-refractivity contribution in [2.75, 3.05) is 12.8 Å². The summed E-state index contributed by atoms with van der Waals surface area (Å²) in [6.45, 7) is 0. The number of para-hydroxylation sites is 1. The zero-order valence-electron chi connectivity index (χ0n) is 11.3. The van der Waals surface area contributed by atoms with Crippen LogP contribution in [0.25, 0.3) is 10.9 Å². The first-order valence-corrected chi connectivity index (χ1v) is 7.94. The van der Waals surface area contributed by atoms with Crippen LogP contribution in [-0.2, 0) is 0 Å². The molecule has 3 aromatic rings. The topological polar surface area (TPSA) is 48.1 Å². The van der Waals surface area contributed by atoms with E-state index in [1.54, 1.807) is 25.1 Å². The fourth-order valence-corrected chi connectivity index (χ4v) is 3.46. The average molecular weight is 361 g/mol. The molecule has 5 heteroatoms. The summed E-state index contributed by atoms with van der Waals surface area (Å²) in [7, 11) is 1.68. The van der Waals surface area contributed by atoms with Gasteiger partial charge in [-0.15, -0.1) is 0 Å². The number of ether oxygens (including phenoxy) is 1. The molecule has 0 spiro atoms. The molecule has 0 aliphatic rings. The Morgan fingerprint density at radius 1 is 1.14 bits per heavy atom. The second-order valence-electron chi connectivity index (χ2n) is 4.46. The van der Waals surface area contributed by atoms with E-state index in [0.717, 1.165) is 36.6 Å². The maximum Gasteiger partial charge on any atom is 0.132 e. The summed E-state index contributed by atoms with van der Waals surface area (Å²) in [5.41, 5.74) is 7.67. The molecule has 0 fully saturated rings. The summed E-state index contributed by atoms with van der Waals surface area (Å²) in [6.07, 6.45) is 1.79. The van der Waals surface area contributed by atoms with Crippen LogP contribution in [0.3, 0.4) is 0 Å². The van der Waals surface area contributed by atoms with Crippen LogP contribution in [0.4, 0.5) is 5.69 Å². The van der Waals surface area contributed by atoms with E-state index in [4.69, 9.17) is 10.5 Å². The Bertz CT molecular complexity index is 807. The number of nitrogens with zero attached hydrogens (tertiary/aromatic N) is 1. The molecule has 3 nitrogen and oxygen atoms in total. The molecular weight excluding hydrogens is 348 g/mol.